The Labute approximate surface area is 133 Å². The van der Waals surface area contributed by atoms with Crippen LogP contribution in [0, 0.1) is 0 Å². The summed E-state index contributed by atoms with van der Waals surface area (Å²) in [4.78, 5) is 17.8. The zero-order valence-electron chi connectivity index (χ0n) is 12.5. The first-order chi connectivity index (χ1) is 10.8. The highest BCUT2D eigenvalue weighted by molar-refractivity contribution is 7.89. The van der Waals surface area contributed by atoms with E-state index in [1.54, 1.807) is 24.1 Å². The number of hydrogen-bond donors (Lipinski definition) is 1. The molecule has 0 radical (unpaired) electrons. The molecule has 2 heterocycles. The molecule has 1 aliphatic rings. The van der Waals surface area contributed by atoms with E-state index in [0.29, 0.717) is 30.2 Å². The van der Waals surface area contributed by atoms with Crippen molar-refractivity contribution in [3.05, 3.63) is 30.2 Å². The summed E-state index contributed by atoms with van der Waals surface area (Å²) in [5.41, 5.74) is 0.617. The molecule has 0 aliphatic carbocycles. The third-order valence-electron chi connectivity index (χ3n) is 3.89. The summed E-state index contributed by atoms with van der Waals surface area (Å²) in [6.07, 6.45) is 1.12. The Morgan fingerprint density at radius 1 is 1.30 bits per heavy atom. The van der Waals surface area contributed by atoms with Crippen LogP contribution in [0.2, 0.25) is 0 Å². The Kier molecular flexibility index (Phi) is 3.90. The van der Waals surface area contributed by atoms with Gasteiger partial charge < -0.3 is 9.42 Å². The Morgan fingerprint density at radius 2 is 2.00 bits per heavy atom. The normalized spacial score (nSPS) is 19.1. The number of primary sulfonamides is 1. The van der Waals surface area contributed by atoms with Crippen molar-refractivity contribution in [2.24, 2.45) is 5.14 Å². The summed E-state index contributed by atoms with van der Waals surface area (Å²) in [6, 6.07) is 5.90. The molecular formula is C14H16N4O4S. The quantitative estimate of drug-likeness (QED) is 0.882. The smallest absolute Gasteiger partial charge is 0.238 e. The van der Waals surface area contributed by atoms with Crippen molar-refractivity contribution in [1.29, 1.82) is 0 Å². The fraction of sp³-hybridized carbons (Fsp3) is 0.357. The Balaban J connectivity index is 1.81. The van der Waals surface area contributed by atoms with E-state index in [0.717, 1.165) is 6.42 Å². The minimum absolute atomic E-state index is 0.0193. The lowest BCUT2D eigenvalue weighted by Gasteiger charge is -2.26. The number of hydrogen-bond acceptors (Lipinski definition) is 6. The number of likely N-dealkylation sites (tertiary alicyclic amines) is 1. The summed E-state index contributed by atoms with van der Waals surface area (Å²) in [5.74, 6) is 0.756. The van der Waals surface area contributed by atoms with Crippen LogP contribution in [0.25, 0.3) is 11.4 Å². The molecule has 0 bridgehead atoms. The summed E-state index contributed by atoms with van der Waals surface area (Å²) in [6.45, 7) is 0.657. The molecule has 0 saturated carbocycles. The maximum Gasteiger partial charge on any atom is 0.238 e. The number of benzene rings is 1. The molecule has 1 atom stereocenters. The number of sulfonamides is 1. The highest BCUT2D eigenvalue weighted by atomic mass is 32.2. The van der Waals surface area contributed by atoms with E-state index < -0.39 is 10.0 Å². The first kappa shape index (κ1) is 15.6. The summed E-state index contributed by atoms with van der Waals surface area (Å²) in [5, 5.41) is 8.96. The van der Waals surface area contributed by atoms with Gasteiger partial charge >= 0.3 is 0 Å². The maximum atomic E-state index is 11.8. The lowest BCUT2D eigenvalue weighted by Crippen LogP contribution is -2.34. The van der Waals surface area contributed by atoms with E-state index >= 15 is 0 Å². The largest absolute Gasteiger partial charge is 0.346 e. The van der Waals surface area contributed by atoms with Crippen molar-refractivity contribution in [3.8, 4) is 11.4 Å². The Morgan fingerprint density at radius 3 is 2.61 bits per heavy atom. The van der Waals surface area contributed by atoms with Crippen LogP contribution < -0.4 is 5.14 Å². The van der Waals surface area contributed by atoms with Gasteiger partial charge in [-0.05, 0) is 30.7 Å². The van der Waals surface area contributed by atoms with Crippen LogP contribution >= 0.6 is 0 Å². The lowest BCUT2D eigenvalue weighted by atomic mass is 9.96. The highest BCUT2D eigenvalue weighted by Crippen LogP contribution is 2.28. The van der Waals surface area contributed by atoms with E-state index in [1.165, 1.54) is 12.1 Å². The molecule has 1 fully saturated rings. The zero-order chi connectivity index (χ0) is 16.6. The predicted molar refractivity (Wildman–Crippen MR) is 80.7 cm³/mol. The molecule has 1 saturated heterocycles. The summed E-state index contributed by atoms with van der Waals surface area (Å²) >= 11 is 0. The van der Waals surface area contributed by atoms with Crippen molar-refractivity contribution in [1.82, 2.24) is 15.0 Å². The average Bonchev–Trinajstić information content (AvgIpc) is 2.99. The van der Waals surface area contributed by atoms with Gasteiger partial charge in [0, 0.05) is 31.5 Å². The molecule has 8 nitrogen and oxygen atoms in total. The molecule has 9 heteroatoms. The SMILES string of the molecule is CN1CCC(c2nc(-c3ccc(S(N)(=O)=O)cc3)no2)CC1=O. The third kappa shape index (κ3) is 3.25. The van der Waals surface area contributed by atoms with Crippen LogP contribution in [0.4, 0.5) is 0 Å². The molecule has 1 unspecified atom stereocenters. The molecule has 1 amide bonds. The van der Waals surface area contributed by atoms with Gasteiger partial charge in [-0.25, -0.2) is 13.6 Å². The molecule has 122 valence electrons. The topological polar surface area (TPSA) is 119 Å². The van der Waals surface area contributed by atoms with Crippen LogP contribution in [-0.2, 0) is 14.8 Å². The van der Waals surface area contributed by atoms with Crippen molar-refractivity contribution >= 4 is 15.9 Å². The standard InChI is InChI=1S/C14H16N4O4S/c1-18-7-6-10(8-12(18)19)14-16-13(17-22-14)9-2-4-11(5-3-9)23(15,20)21/h2-5,10H,6-8H2,1H3,(H2,15,20,21). The van der Waals surface area contributed by atoms with E-state index in [4.69, 9.17) is 9.66 Å². The second-order valence-corrected chi connectivity index (χ2v) is 7.09. The van der Waals surface area contributed by atoms with E-state index in [2.05, 4.69) is 10.1 Å². The Bertz CT molecular complexity index is 829. The van der Waals surface area contributed by atoms with Crippen LogP contribution in [0.5, 0.6) is 0 Å². The maximum absolute atomic E-state index is 11.8. The molecule has 2 N–H and O–H groups in total. The summed E-state index contributed by atoms with van der Waals surface area (Å²) < 4.78 is 27.7. The fourth-order valence-electron chi connectivity index (χ4n) is 2.47. The van der Waals surface area contributed by atoms with Crippen LogP contribution in [0.15, 0.2) is 33.7 Å². The summed E-state index contributed by atoms with van der Waals surface area (Å²) in [7, 11) is -1.96. The predicted octanol–water partition coefficient (Wildman–Crippen LogP) is 0.720. The van der Waals surface area contributed by atoms with E-state index in [-0.39, 0.29) is 16.7 Å². The van der Waals surface area contributed by atoms with Crippen molar-refractivity contribution in [3.63, 3.8) is 0 Å². The van der Waals surface area contributed by atoms with Gasteiger partial charge in [-0.3, -0.25) is 4.79 Å². The molecule has 0 spiro atoms. The Hall–Kier alpha value is -2.26. The van der Waals surface area contributed by atoms with Crippen LogP contribution in [-0.4, -0.2) is 43.0 Å². The van der Waals surface area contributed by atoms with Gasteiger partial charge in [0.05, 0.1) is 4.90 Å². The molecule has 1 aliphatic heterocycles. The van der Waals surface area contributed by atoms with E-state index in [1.807, 2.05) is 0 Å². The van der Waals surface area contributed by atoms with Gasteiger partial charge in [-0.15, -0.1) is 0 Å². The number of nitrogens with zero attached hydrogens (tertiary/aromatic N) is 3. The molecule has 2 aromatic rings. The number of amides is 1. The monoisotopic (exact) mass is 336 g/mol. The number of nitrogens with two attached hydrogens (primary N) is 1. The molecule has 23 heavy (non-hydrogen) atoms. The minimum atomic E-state index is -3.73. The molecule has 1 aromatic carbocycles. The van der Waals surface area contributed by atoms with Gasteiger partial charge in [0.1, 0.15) is 0 Å². The van der Waals surface area contributed by atoms with Gasteiger partial charge in [0.15, 0.2) is 0 Å². The molecule has 1 aromatic heterocycles. The average molecular weight is 336 g/mol. The second kappa shape index (κ2) is 5.74. The number of aromatic nitrogens is 2. The number of carbonyl (C=O) groups is 1. The minimum Gasteiger partial charge on any atom is -0.346 e. The van der Waals surface area contributed by atoms with Crippen LogP contribution in [0.3, 0.4) is 0 Å². The lowest BCUT2D eigenvalue weighted by molar-refractivity contribution is -0.132. The van der Waals surface area contributed by atoms with Gasteiger partial charge in [0.25, 0.3) is 0 Å². The van der Waals surface area contributed by atoms with Gasteiger partial charge in [-0.2, -0.15) is 4.98 Å². The third-order valence-corrected chi connectivity index (χ3v) is 4.82. The van der Waals surface area contributed by atoms with Crippen molar-refractivity contribution in [2.75, 3.05) is 13.6 Å². The van der Waals surface area contributed by atoms with E-state index in [9.17, 15) is 13.2 Å². The van der Waals surface area contributed by atoms with Crippen LogP contribution in [0.1, 0.15) is 24.7 Å². The molecular weight excluding hydrogens is 320 g/mol. The first-order valence-corrected chi connectivity index (χ1v) is 8.60. The number of carbonyl (C=O) groups excluding carboxylic acids is 1. The molecule has 3 rings (SSSR count). The highest BCUT2D eigenvalue weighted by Gasteiger charge is 2.28. The second-order valence-electron chi connectivity index (χ2n) is 5.53. The number of piperidine rings is 1. The first-order valence-electron chi connectivity index (χ1n) is 7.05. The fourth-order valence-corrected chi connectivity index (χ4v) is 2.98. The number of rotatable bonds is 3. The van der Waals surface area contributed by atoms with Crippen molar-refractivity contribution < 1.29 is 17.7 Å². The van der Waals surface area contributed by atoms with Gasteiger partial charge in [-0.1, -0.05) is 5.16 Å². The van der Waals surface area contributed by atoms with Gasteiger partial charge in [0.2, 0.25) is 27.6 Å². The zero-order valence-corrected chi connectivity index (χ0v) is 13.3. The van der Waals surface area contributed by atoms with Crippen molar-refractivity contribution in [2.45, 2.75) is 23.7 Å².